The predicted octanol–water partition coefficient (Wildman–Crippen LogP) is 2.78. The molecule has 1 rings (SSSR count). The molecule has 0 amide bonds. The van der Waals surface area contributed by atoms with Gasteiger partial charge in [0.05, 0.1) is 11.7 Å². The van der Waals surface area contributed by atoms with Crippen molar-refractivity contribution in [3.05, 3.63) is 28.5 Å². The maximum absolute atomic E-state index is 5.59. The molecule has 0 aromatic carbocycles. The molecule has 1 aromatic rings. The maximum Gasteiger partial charge on any atom is 0.0731 e. The Balaban J connectivity index is 2.87. The molecule has 84 valence electrons. The normalized spacial score (nSPS) is 14.9. The molecule has 4 heteroatoms. The van der Waals surface area contributed by atoms with Crippen molar-refractivity contribution in [1.29, 1.82) is 0 Å². The van der Waals surface area contributed by atoms with Crippen molar-refractivity contribution in [2.24, 2.45) is 11.8 Å². The van der Waals surface area contributed by atoms with E-state index in [2.05, 4.69) is 40.2 Å². The first kappa shape index (κ1) is 12.6. The van der Waals surface area contributed by atoms with Gasteiger partial charge in [0.15, 0.2) is 0 Å². The summed E-state index contributed by atoms with van der Waals surface area (Å²) in [5.74, 6) is 6.07. The lowest BCUT2D eigenvalue weighted by molar-refractivity contribution is 0.360. The fraction of sp³-hybridized carbons (Fsp3) is 0.545. The third-order valence-electron chi connectivity index (χ3n) is 2.57. The van der Waals surface area contributed by atoms with Crippen LogP contribution in [0.25, 0.3) is 0 Å². The monoisotopic (exact) mass is 271 g/mol. The molecule has 0 spiro atoms. The van der Waals surface area contributed by atoms with Crippen LogP contribution in [0.3, 0.4) is 0 Å². The Morgan fingerprint density at radius 2 is 2.33 bits per heavy atom. The highest BCUT2D eigenvalue weighted by atomic mass is 79.9. The van der Waals surface area contributed by atoms with Crippen LogP contribution in [-0.4, -0.2) is 4.98 Å². The molecule has 3 N–H and O–H groups in total. The highest BCUT2D eigenvalue weighted by molar-refractivity contribution is 9.10. The first-order chi connectivity index (χ1) is 7.20. The fourth-order valence-electron chi connectivity index (χ4n) is 1.76. The van der Waals surface area contributed by atoms with E-state index in [1.807, 2.05) is 12.1 Å². The SMILES string of the molecule is CCCC(C)C(NN)c1ncccc1Br. The second-order valence-electron chi connectivity index (χ2n) is 3.78. The lowest BCUT2D eigenvalue weighted by Crippen LogP contribution is -2.33. The molecule has 0 radical (unpaired) electrons. The van der Waals surface area contributed by atoms with Gasteiger partial charge < -0.3 is 0 Å². The number of hydrazine groups is 1. The van der Waals surface area contributed by atoms with Gasteiger partial charge in [-0.2, -0.15) is 0 Å². The van der Waals surface area contributed by atoms with Gasteiger partial charge in [-0.15, -0.1) is 0 Å². The van der Waals surface area contributed by atoms with Gasteiger partial charge in [-0.05, 0) is 40.4 Å². The van der Waals surface area contributed by atoms with Gasteiger partial charge in [0, 0.05) is 10.7 Å². The standard InChI is InChI=1S/C11H18BrN3/c1-3-5-8(2)10(15-13)11-9(12)6-4-7-14-11/h4,6-8,10,15H,3,5,13H2,1-2H3. The Hall–Kier alpha value is -0.450. The molecule has 0 fully saturated rings. The third kappa shape index (κ3) is 3.26. The van der Waals surface area contributed by atoms with Crippen molar-refractivity contribution in [3.8, 4) is 0 Å². The van der Waals surface area contributed by atoms with E-state index in [0.717, 1.165) is 23.0 Å². The van der Waals surface area contributed by atoms with E-state index >= 15 is 0 Å². The highest BCUT2D eigenvalue weighted by Crippen LogP contribution is 2.28. The smallest absolute Gasteiger partial charge is 0.0731 e. The lowest BCUT2D eigenvalue weighted by atomic mass is 9.94. The van der Waals surface area contributed by atoms with Crippen LogP contribution in [0.4, 0.5) is 0 Å². The molecule has 0 aliphatic rings. The zero-order valence-electron chi connectivity index (χ0n) is 9.20. The topological polar surface area (TPSA) is 50.9 Å². The van der Waals surface area contributed by atoms with Crippen molar-refractivity contribution < 1.29 is 0 Å². The van der Waals surface area contributed by atoms with Crippen LogP contribution >= 0.6 is 15.9 Å². The number of aromatic nitrogens is 1. The Morgan fingerprint density at radius 3 is 2.87 bits per heavy atom. The van der Waals surface area contributed by atoms with Crippen LogP contribution in [0.2, 0.25) is 0 Å². The van der Waals surface area contributed by atoms with Crippen LogP contribution < -0.4 is 11.3 Å². The zero-order chi connectivity index (χ0) is 11.3. The molecule has 1 aromatic heterocycles. The Labute approximate surface area is 99.6 Å². The quantitative estimate of drug-likeness (QED) is 0.640. The molecule has 0 bridgehead atoms. The van der Waals surface area contributed by atoms with Crippen molar-refractivity contribution >= 4 is 15.9 Å². The van der Waals surface area contributed by atoms with Gasteiger partial charge in [0.1, 0.15) is 0 Å². The number of nitrogens with one attached hydrogen (secondary N) is 1. The van der Waals surface area contributed by atoms with Gasteiger partial charge >= 0.3 is 0 Å². The van der Waals surface area contributed by atoms with Gasteiger partial charge in [0.2, 0.25) is 0 Å². The molecule has 2 unspecified atom stereocenters. The predicted molar refractivity (Wildman–Crippen MR) is 66.1 cm³/mol. The zero-order valence-corrected chi connectivity index (χ0v) is 10.8. The van der Waals surface area contributed by atoms with Crippen LogP contribution in [0.15, 0.2) is 22.8 Å². The van der Waals surface area contributed by atoms with E-state index in [1.165, 1.54) is 0 Å². The molecule has 0 aliphatic carbocycles. The van der Waals surface area contributed by atoms with Crippen LogP contribution in [0, 0.1) is 5.92 Å². The van der Waals surface area contributed by atoms with E-state index in [0.29, 0.717) is 5.92 Å². The minimum absolute atomic E-state index is 0.112. The second-order valence-corrected chi connectivity index (χ2v) is 4.64. The van der Waals surface area contributed by atoms with E-state index < -0.39 is 0 Å². The first-order valence-corrected chi connectivity index (χ1v) is 6.06. The van der Waals surface area contributed by atoms with Crippen molar-refractivity contribution in [2.75, 3.05) is 0 Å². The molecular formula is C11H18BrN3. The van der Waals surface area contributed by atoms with E-state index in [-0.39, 0.29) is 6.04 Å². The molecule has 0 aliphatic heterocycles. The molecule has 0 saturated heterocycles. The summed E-state index contributed by atoms with van der Waals surface area (Å²) in [7, 11) is 0. The van der Waals surface area contributed by atoms with Gasteiger partial charge in [-0.1, -0.05) is 20.3 Å². The highest BCUT2D eigenvalue weighted by Gasteiger charge is 2.20. The average molecular weight is 272 g/mol. The summed E-state index contributed by atoms with van der Waals surface area (Å²) in [4.78, 5) is 4.36. The van der Waals surface area contributed by atoms with Gasteiger partial charge in [0.25, 0.3) is 0 Å². The fourth-order valence-corrected chi connectivity index (χ4v) is 2.26. The van der Waals surface area contributed by atoms with Gasteiger partial charge in [-0.25, -0.2) is 0 Å². The summed E-state index contributed by atoms with van der Waals surface area (Å²) >= 11 is 3.50. The first-order valence-electron chi connectivity index (χ1n) is 5.27. The maximum atomic E-state index is 5.59. The number of hydrogen-bond donors (Lipinski definition) is 2. The minimum atomic E-state index is 0.112. The number of halogens is 1. The number of rotatable bonds is 5. The molecule has 1 heterocycles. The summed E-state index contributed by atoms with van der Waals surface area (Å²) in [6, 6.07) is 4.01. The largest absolute Gasteiger partial charge is 0.271 e. The number of hydrogen-bond acceptors (Lipinski definition) is 3. The molecular weight excluding hydrogens is 254 g/mol. The van der Waals surface area contributed by atoms with Crippen LogP contribution in [0.1, 0.15) is 38.4 Å². The number of nitrogens with two attached hydrogens (primary N) is 1. The van der Waals surface area contributed by atoms with E-state index in [1.54, 1.807) is 6.20 Å². The Bertz CT molecular complexity index is 304. The lowest BCUT2D eigenvalue weighted by Gasteiger charge is -2.23. The second kappa shape index (κ2) is 6.20. The number of nitrogens with zero attached hydrogens (tertiary/aromatic N) is 1. The number of pyridine rings is 1. The summed E-state index contributed by atoms with van der Waals surface area (Å²) in [6.45, 7) is 4.37. The Kier molecular flexibility index (Phi) is 5.22. The van der Waals surface area contributed by atoms with Crippen molar-refractivity contribution in [1.82, 2.24) is 10.4 Å². The van der Waals surface area contributed by atoms with E-state index in [4.69, 9.17) is 5.84 Å². The molecule has 3 nitrogen and oxygen atoms in total. The van der Waals surface area contributed by atoms with Crippen LogP contribution in [0.5, 0.6) is 0 Å². The Morgan fingerprint density at radius 1 is 1.60 bits per heavy atom. The van der Waals surface area contributed by atoms with Crippen molar-refractivity contribution in [2.45, 2.75) is 32.7 Å². The molecule has 0 saturated carbocycles. The van der Waals surface area contributed by atoms with Crippen LogP contribution in [-0.2, 0) is 0 Å². The van der Waals surface area contributed by atoms with E-state index in [9.17, 15) is 0 Å². The van der Waals surface area contributed by atoms with Crippen molar-refractivity contribution in [3.63, 3.8) is 0 Å². The summed E-state index contributed by atoms with van der Waals surface area (Å²) in [6.07, 6.45) is 4.09. The average Bonchev–Trinajstić information content (AvgIpc) is 2.22. The third-order valence-corrected chi connectivity index (χ3v) is 3.24. The molecule has 2 atom stereocenters. The summed E-state index contributed by atoms with van der Waals surface area (Å²) in [5, 5.41) is 0. The summed E-state index contributed by atoms with van der Waals surface area (Å²) < 4.78 is 1.01. The minimum Gasteiger partial charge on any atom is -0.271 e. The van der Waals surface area contributed by atoms with Gasteiger partial charge in [-0.3, -0.25) is 16.3 Å². The molecule has 15 heavy (non-hydrogen) atoms. The summed E-state index contributed by atoms with van der Waals surface area (Å²) in [5.41, 5.74) is 3.84.